The van der Waals surface area contributed by atoms with E-state index in [4.69, 9.17) is 40.3 Å². The molecule has 4 heterocycles. The summed E-state index contributed by atoms with van der Waals surface area (Å²) in [6.45, 7) is 3.82. The number of hydrogen-bond donors (Lipinski definition) is 0. The topological polar surface area (TPSA) is 93.4 Å². The maximum atomic E-state index is 13.4. The third kappa shape index (κ3) is 2.33. The van der Waals surface area contributed by atoms with Crippen LogP contribution in [0.1, 0.15) is 38.4 Å². The minimum atomic E-state index is -1.11. The van der Waals surface area contributed by atoms with Crippen LogP contribution in [0.15, 0.2) is 18.6 Å². The number of ether oxygens (including phenoxy) is 5. The summed E-state index contributed by atoms with van der Waals surface area (Å²) in [5, 5.41) is 0.371. The van der Waals surface area contributed by atoms with E-state index in [1.54, 1.807) is 19.3 Å². The number of carbonyl (C=O) groups is 1. The molecule has 0 radical (unpaired) electrons. The summed E-state index contributed by atoms with van der Waals surface area (Å²) in [7, 11) is 0. The Morgan fingerprint density at radius 1 is 1.10 bits per heavy atom. The number of imidazole rings is 1. The Morgan fingerprint density at radius 3 is 2.52 bits per heavy atom. The number of aromatic nitrogens is 3. The molecule has 0 amide bonds. The fraction of sp³-hybridized carbons (Fsp3) is 0.667. The number of carbonyl (C=O) groups excluding carboxylic acids is 1. The summed E-state index contributed by atoms with van der Waals surface area (Å²) < 4.78 is 32.6. The molecule has 2 atom stereocenters. The highest BCUT2D eigenvalue weighted by Gasteiger charge is 2.80. The molecule has 5 aliphatic rings. The fourth-order valence-electron chi connectivity index (χ4n) is 6.26. The van der Waals surface area contributed by atoms with Gasteiger partial charge < -0.3 is 23.7 Å². The molecule has 2 spiro atoms. The summed E-state index contributed by atoms with van der Waals surface area (Å²) in [5.41, 5.74) is -0.992. The first-order valence-electron chi connectivity index (χ1n) is 10.7. The zero-order valence-electron chi connectivity index (χ0n) is 17.3. The third-order valence-electron chi connectivity index (χ3n) is 7.52. The number of rotatable bonds is 3. The van der Waals surface area contributed by atoms with Gasteiger partial charge in [-0.3, -0.25) is 9.20 Å². The molecule has 0 N–H and O–H groups in total. The van der Waals surface area contributed by atoms with Crippen LogP contribution in [-0.2, 0) is 33.9 Å². The van der Waals surface area contributed by atoms with Crippen LogP contribution < -0.4 is 0 Å². The van der Waals surface area contributed by atoms with Crippen LogP contribution in [0.5, 0.6) is 0 Å². The normalized spacial score (nSPS) is 33.0. The molecular formula is C21H24ClN3O6. The number of fused-ring (bicyclic) bond motifs is 2. The van der Waals surface area contributed by atoms with Gasteiger partial charge in [-0.1, -0.05) is 11.6 Å². The summed E-state index contributed by atoms with van der Waals surface area (Å²) >= 11 is 6.33. The Hall–Kier alpha value is -1.78. The van der Waals surface area contributed by atoms with Gasteiger partial charge in [-0.25, -0.2) is 9.97 Å². The average molecular weight is 450 g/mol. The molecule has 10 heteroatoms. The minimum Gasteiger partial charge on any atom is -0.465 e. The predicted octanol–water partition coefficient (Wildman–Crippen LogP) is 2.24. The molecule has 3 aliphatic carbocycles. The first-order chi connectivity index (χ1) is 15.0. The highest BCUT2D eigenvalue weighted by molar-refractivity contribution is 6.32. The van der Waals surface area contributed by atoms with Crippen molar-refractivity contribution in [2.45, 2.75) is 49.6 Å². The molecule has 166 valence electrons. The summed E-state index contributed by atoms with van der Waals surface area (Å²) in [5.74, 6) is -1.70. The van der Waals surface area contributed by atoms with E-state index in [-0.39, 0.29) is 19.0 Å². The molecular weight excluding hydrogens is 426 g/mol. The fourth-order valence-corrected chi connectivity index (χ4v) is 6.46. The SMILES string of the molecule is CCOC(=O)C12CCC(c3ncc4c(Cl)nccn34)(CC13OCCO3)C1(C2)OCCO1. The second-order valence-electron chi connectivity index (χ2n) is 8.69. The van der Waals surface area contributed by atoms with Gasteiger partial charge >= 0.3 is 5.97 Å². The molecule has 9 nitrogen and oxygen atoms in total. The lowest BCUT2D eigenvalue weighted by atomic mass is 9.47. The molecule has 5 fully saturated rings. The van der Waals surface area contributed by atoms with Crippen LogP contribution in [-0.4, -0.2) is 64.9 Å². The van der Waals surface area contributed by atoms with Gasteiger partial charge in [-0.05, 0) is 19.8 Å². The Morgan fingerprint density at radius 2 is 1.81 bits per heavy atom. The first kappa shape index (κ1) is 19.9. The van der Waals surface area contributed by atoms with E-state index < -0.39 is 22.4 Å². The van der Waals surface area contributed by atoms with Crippen LogP contribution in [0.25, 0.3) is 5.52 Å². The second kappa shape index (κ2) is 6.62. The van der Waals surface area contributed by atoms with Crippen LogP contribution in [0.4, 0.5) is 0 Å². The highest BCUT2D eigenvalue weighted by Crippen LogP contribution is 2.70. The molecule has 3 saturated carbocycles. The number of halogens is 1. The van der Waals surface area contributed by atoms with Crippen LogP contribution >= 0.6 is 11.6 Å². The second-order valence-corrected chi connectivity index (χ2v) is 9.05. The Labute approximate surface area is 183 Å². The maximum absolute atomic E-state index is 13.4. The van der Waals surface area contributed by atoms with Crippen molar-refractivity contribution in [1.82, 2.24) is 14.4 Å². The maximum Gasteiger partial charge on any atom is 0.317 e. The highest BCUT2D eigenvalue weighted by atomic mass is 35.5. The lowest BCUT2D eigenvalue weighted by Crippen LogP contribution is -2.75. The van der Waals surface area contributed by atoms with E-state index in [2.05, 4.69) is 4.98 Å². The zero-order chi connectivity index (χ0) is 21.3. The Kier molecular flexibility index (Phi) is 4.24. The van der Waals surface area contributed by atoms with E-state index in [1.165, 1.54) is 0 Å². The van der Waals surface area contributed by atoms with Gasteiger partial charge in [0.25, 0.3) is 0 Å². The molecule has 2 saturated heterocycles. The van der Waals surface area contributed by atoms with Crippen molar-refractivity contribution in [2.24, 2.45) is 5.41 Å². The molecule has 2 aliphatic heterocycles. The molecule has 0 aromatic carbocycles. The van der Waals surface area contributed by atoms with Gasteiger partial charge in [0.2, 0.25) is 0 Å². The van der Waals surface area contributed by atoms with Crippen molar-refractivity contribution in [3.8, 4) is 0 Å². The van der Waals surface area contributed by atoms with Gasteiger partial charge in [-0.2, -0.15) is 0 Å². The summed E-state index contributed by atoms with van der Waals surface area (Å²) in [6, 6.07) is 0. The molecule has 2 bridgehead atoms. The Balaban J connectivity index is 1.57. The quantitative estimate of drug-likeness (QED) is 0.658. The van der Waals surface area contributed by atoms with Crippen LogP contribution in [0.2, 0.25) is 5.15 Å². The standard InChI is InChI=1S/C21H24ClN3O6/c1-2-27-17(26)19-4-3-18(12-21(19)30-9-10-31-21,20(13-19)28-7-8-29-20)16-24-11-14-15(22)23-5-6-25(14)16/h5-6,11H,2-4,7-10,12-13H2,1H3. The largest absolute Gasteiger partial charge is 0.465 e. The third-order valence-corrected chi connectivity index (χ3v) is 7.81. The molecule has 7 rings (SSSR count). The average Bonchev–Trinajstić information content (AvgIpc) is 3.51. The molecule has 31 heavy (non-hydrogen) atoms. The minimum absolute atomic E-state index is 0.284. The lowest BCUT2D eigenvalue weighted by Gasteiger charge is -2.64. The van der Waals surface area contributed by atoms with Gasteiger partial charge in [0.15, 0.2) is 16.7 Å². The smallest absolute Gasteiger partial charge is 0.317 e. The number of esters is 1. The molecule has 2 aromatic heterocycles. The van der Waals surface area contributed by atoms with Crippen molar-refractivity contribution in [3.05, 3.63) is 29.6 Å². The molecule has 2 aromatic rings. The summed E-state index contributed by atoms with van der Waals surface area (Å²) in [4.78, 5) is 22.3. The van der Waals surface area contributed by atoms with E-state index in [0.717, 1.165) is 5.82 Å². The van der Waals surface area contributed by atoms with Crippen LogP contribution in [0, 0.1) is 5.41 Å². The Bertz CT molecular complexity index is 1050. The van der Waals surface area contributed by atoms with Gasteiger partial charge in [0.05, 0.1) is 44.6 Å². The van der Waals surface area contributed by atoms with Crippen molar-refractivity contribution >= 4 is 23.1 Å². The first-order valence-corrected chi connectivity index (χ1v) is 11.1. The van der Waals surface area contributed by atoms with Crippen molar-refractivity contribution < 1.29 is 28.5 Å². The molecule has 2 unspecified atom stereocenters. The van der Waals surface area contributed by atoms with Gasteiger partial charge in [0.1, 0.15) is 16.8 Å². The van der Waals surface area contributed by atoms with E-state index >= 15 is 0 Å². The van der Waals surface area contributed by atoms with E-state index in [1.807, 2.05) is 10.6 Å². The number of nitrogens with zero attached hydrogens (tertiary/aromatic N) is 3. The number of hydrogen-bond acceptors (Lipinski definition) is 8. The van der Waals surface area contributed by atoms with Crippen molar-refractivity contribution in [1.29, 1.82) is 0 Å². The summed E-state index contributed by atoms with van der Waals surface area (Å²) in [6.07, 6.45) is 6.99. The zero-order valence-corrected chi connectivity index (χ0v) is 18.0. The van der Waals surface area contributed by atoms with Gasteiger partial charge in [0, 0.05) is 25.2 Å². The van der Waals surface area contributed by atoms with Crippen molar-refractivity contribution in [2.75, 3.05) is 33.0 Å². The monoisotopic (exact) mass is 449 g/mol. The van der Waals surface area contributed by atoms with E-state index in [0.29, 0.717) is 56.4 Å². The van der Waals surface area contributed by atoms with E-state index in [9.17, 15) is 4.79 Å². The van der Waals surface area contributed by atoms with Crippen molar-refractivity contribution in [3.63, 3.8) is 0 Å². The van der Waals surface area contributed by atoms with Crippen LogP contribution in [0.3, 0.4) is 0 Å². The predicted molar refractivity (Wildman–Crippen MR) is 106 cm³/mol. The van der Waals surface area contributed by atoms with Gasteiger partial charge in [-0.15, -0.1) is 0 Å². The lowest BCUT2D eigenvalue weighted by molar-refractivity contribution is -0.364.